The van der Waals surface area contributed by atoms with Crippen LogP contribution in [-0.2, 0) is 6.73 Å². The van der Waals surface area contributed by atoms with Crippen LogP contribution in [0.4, 0.5) is 11.4 Å². The van der Waals surface area contributed by atoms with Crippen LogP contribution < -0.4 is 14.8 Å². The number of ether oxygens (including phenoxy) is 2. The lowest BCUT2D eigenvalue weighted by Crippen LogP contribution is -2.15. The van der Waals surface area contributed by atoms with Crippen molar-refractivity contribution >= 4 is 17.3 Å². The third-order valence-corrected chi connectivity index (χ3v) is 4.21. The number of carbonyl (C=O) groups is 1. The number of benzene rings is 2. The lowest BCUT2D eigenvalue weighted by Gasteiger charge is -2.09. The van der Waals surface area contributed by atoms with E-state index in [0.717, 1.165) is 16.9 Å². The van der Waals surface area contributed by atoms with Gasteiger partial charge in [-0.05, 0) is 43.7 Å². The third-order valence-electron chi connectivity index (χ3n) is 4.21. The predicted octanol–water partition coefficient (Wildman–Crippen LogP) is 3.71. The molecule has 150 valence electrons. The van der Waals surface area contributed by atoms with Crippen molar-refractivity contribution in [3.05, 3.63) is 75.6 Å². The molecule has 0 aliphatic heterocycles. The molecule has 29 heavy (non-hydrogen) atoms. The number of aryl methyl sites for hydroxylation is 2. The van der Waals surface area contributed by atoms with E-state index in [4.69, 9.17) is 9.47 Å². The van der Waals surface area contributed by atoms with Gasteiger partial charge in [-0.15, -0.1) is 0 Å². The fraction of sp³-hybridized carbons (Fsp3) is 0.200. The maximum atomic E-state index is 12.4. The fourth-order valence-corrected chi connectivity index (χ4v) is 2.73. The molecule has 0 atom stereocenters. The van der Waals surface area contributed by atoms with Crippen molar-refractivity contribution in [2.45, 2.75) is 20.6 Å². The van der Waals surface area contributed by atoms with Crippen LogP contribution in [0.15, 0.2) is 48.7 Å². The lowest BCUT2D eigenvalue weighted by molar-refractivity contribution is -0.384. The molecule has 0 saturated heterocycles. The topological polar surface area (TPSA) is 109 Å². The van der Waals surface area contributed by atoms with Gasteiger partial charge < -0.3 is 14.8 Å². The Kier molecular flexibility index (Phi) is 5.77. The predicted molar refractivity (Wildman–Crippen MR) is 106 cm³/mol. The summed E-state index contributed by atoms with van der Waals surface area (Å²) in [6.07, 6.45) is 1.60. The van der Waals surface area contributed by atoms with Crippen LogP contribution in [0.1, 0.15) is 21.6 Å². The Hall–Kier alpha value is -3.88. The second-order valence-corrected chi connectivity index (χ2v) is 6.38. The number of nitro benzene ring substituents is 1. The molecule has 0 saturated carbocycles. The van der Waals surface area contributed by atoms with Gasteiger partial charge in [-0.2, -0.15) is 5.10 Å². The van der Waals surface area contributed by atoms with Gasteiger partial charge >= 0.3 is 0 Å². The maximum absolute atomic E-state index is 12.4. The monoisotopic (exact) mass is 396 g/mol. The van der Waals surface area contributed by atoms with Gasteiger partial charge in [-0.25, -0.2) is 4.68 Å². The Balaban J connectivity index is 1.69. The molecular formula is C20H20N4O5. The molecule has 3 rings (SSSR count). The second-order valence-electron chi connectivity index (χ2n) is 6.38. The first-order chi connectivity index (χ1) is 13.9. The van der Waals surface area contributed by atoms with Crippen LogP contribution in [0.2, 0.25) is 0 Å². The molecule has 0 aliphatic rings. The molecule has 3 aromatic rings. The summed E-state index contributed by atoms with van der Waals surface area (Å²) < 4.78 is 12.2. The lowest BCUT2D eigenvalue weighted by atomic mass is 10.1. The number of methoxy groups -OCH3 is 1. The molecular weight excluding hydrogens is 376 g/mol. The first-order valence-electron chi connectivity index (χ1n) is 8.74. The van der Waals surface area contributed by atoms with Crippen LogP contribution in [-0.4, -0.2) is 27.7 Å². The van der Waals surface area contributed by atoms with E-state index in [9.17, 15) is 14.9 Å². The molecule has 1 heterocycles. The van der Waals surface area contributed by atoms with Crippen molar-refractivity contribution in [2.24, 2.45) is 0 Å². The molecule has 0 spiro atoms. The molecule has 0 unspecified atom stereocenters. The first kappa shape index (κ1) is 19.9. The number of aromatic nitrogens is 2. The highest BCUT2D eigenvalue weighted by atomic mass is 16.6. The van der Waals surface area contributed by atoms with Crippen LogP contribution in [0.5, 0.6) is 11.5 Å². The summed E-state index contributed by atoms with van der Waals surface area (Å²) in [7, 11) is 1.41. The normalized spacial score (nSPS) is 10.4. The Morgan fingerprint density at radius 2 is 2.00 bits per heavy atom. The van der Waals surface area contributed by atoms with Crippen molar-refractivity contribution in [2.75, 3.05) is 12.4 Å². The number of nitrogens with zero attached hydrogens (tertiary/aromatic N) is 3. The highest BCUT2D eigenvalue weighted by Crippen LogP contribution is 2.29. The van der Waals surface area contributed by atoms with Gasteiger partial charge in [0.1, 0.15) is 17.2 Å². The van der Waals surface area contributed by atoms with E-state index in [1.165, 1.54) is 36.1 Å². The van der Waals surface area contributed by atoms with Crippen LogP contribution in [0.25, 0.3) is 0 Å². The van der Waals surface area contributed by atoms with Crippen molar-refractivity contribution in [1.82, 2.24) is 9.78 Å². The number of nitrogens with one attached hydrogen (secondary N) is 1. The van der Waals surface area contributed by atoms with Crippen molar-refractivity contribution in [1.29, 1.82) is 0 Å². The van der Waals surface area contributed by atoms with Gasteiger partial charge in [0.05, 0.1) is 18.1 Å². The SMILES string of the molecule is COc1ccc(NC(=O)c2ccn(COc3ccc(C)cc3C)n2)c([N+](=O)[O-])c1. The summed E-state index contributed by atoms with van der Waals surface area (Å²) >= 11 is 0. The van der Waals surface area contributed by atoms with E-state index in [0.29, 0.717) is 5.75 Å². The molecule has 0 aliphatic carbocycles. The average molecular weight is 396 g/mol. The summed E-state index contributed by atoms with van der Waals surface area (Å²) in [6, 6.07) is 11.5. The van der Waals surface area contributed by atoms with Crippen molar-refractivity contribution in [3.63, 3.8) is 0 Å². The molecule has 1 amide bonds. The van der Waals surface area contributed by atoms with Gasteiger partial charge in [0.15, 0.2) is 12.4 Å². The van der Waals surface area contributed by atoms with Gasteiger partial charge in [0.25, 0.3) is 11.6 Å². The number of hydrogen-bond donors (Lipinski definition) is 1. The standard InChI is InChI=1S/C20H20N4O5/c1-13-4-7-19(14(2)10-13)29-12-23-9-8-17(22-23)20(25)21-16-6-5-15(28-3)11-18(16)24(26)27/h4-11H,12H2,1-3H3,(H,21,25). The number of carbonyl (C=O) groups excluding carboxylic acids is 1. The van der Waals surface area contributed by atoms with Crippen LogP contribution >= 0.6 is 0 Å². The molecule has 0 fully saturated rings. The number of anilines is 1. The molecule has 1 aromatic heterocycles. The van der Waals surface area contributed by atoms with Crippen LogP contribution in [0, 0.1) is 24.0 Å². The summed E-state index contributed by atoms with van der Waals surface area (Å²) in [6.45, 7) is 4.08. The fourth-order valence-electron chi connectivity index (χ4n) is 2.73. The van der Waals surface area contributed by atoms with E-state index in [2.05, 4.69) is 10.4 Å². The third kappa shape index (κ3) is 4.70. The molecule has 0 bridgehead atoms. The Morgan fingerprint density at radius 1 is 1.21 bits per heavy atom. The van der Waals surface area contributed by atoms with E-state index in [1.807, 2.05) is 32.0 Å². The molecule has 9 nitrogen and oxygen atoms in total. The summed E-state index contributed by atoms with van der Waals surface area (Å²) in [5.74, 6) is 0.483. The summed E-state index contributed by atoms with van der Waals surface area (Å²) in [4.78, 5) is 23.1. The number of rotatable bonds is 7. The van der Waals surface area contributed by atoms with E-state index in [-0.39, 0.29) is 23.8 Å². The van der Waals surface area contributed by atoms with Gasteiger partial charge in [0, 0.05) is 6.20 Å². The van der Waals surface area contributed by atoms with Gasteiger partial charge in [0.2, 0.25) is 0 Å². The molecule has 1 N–H and O–H groups in total. The Morgan fingerprint density at radius 3 is 2.69 bits per heavy atom. The zero-order valence-corrected chi connectivity index (χ0v) is 16.2. The van der Waals surface area contributed by atoms with Crippen molar-refractivity contribution in [3.8, 4) is 11.5 Å². The van der Waals surface area contributed by atoms with E-state index < -0.39 is 10.8 Å². The highest BCUT2D eigenvalue weighted by molar-refractivity contribution is 6.04. The maximum Gasteiger partial charge on any atom is 0.296 e. The van der Waals surface area contributed by atoms with Gasteiger partial charge in [-0.1, -0.05) is 17.7 Å². The minimum Gasteiger partial charge on any atom is -0.496 e. The summed E-state index contributed by atoms with van der Waals surface area (Å²) in [5.41, 5.74) is 2.04. The van der Waals surface area contributed by atoms with E-state index >= 15 is 0 Å². The minimum atomic E-state index is -0.589. The smallest absolute Gasteiger partial charge is 0.296 e. The zero-order chi connectivity index (χ0) is 21.0. The highest BCUT2D eigenvalue weighted by Gasteiger charge is 2.19. The van der Waals surface area contributed by atoms with Crippen LogP contribution in [0.3, 0.4) is 0 Å². The molecule has 9 heteroatoms. The average Bonchev–Trinajstić information content (AvgIpc) is 3.16. The Bertz CT molecular complexity index is 1060. The second kappa shape index (κ2) is 8.42. The largest absolute Gasteiger partial charge is 0.496 e. The molecule has 2 aromatic carbocycles. The quantitative estimate of drug-likeness (QED) is 0.482. The Labute approximate surface area is 167 Å². The number of hydrogen-bond acceptors (Lipinski definition) is 6. The number of nitro groups is 1. The van der Waals surface area contributed by atoms with Gasteiger partial charge in [-0.3, -0.25) is 14.9 Å². The first-order valence-corrected chi connectivity index (χ1v) is 8.74. The summed E-state index contributed by atoms with van der Waals surface area (Å²) in [5, 5.41) is 17.9. The minimum absolute atomic E-state index is 0.0573. The zero-order valence-electron chi connectivity index (χ0n) is 16.2. The molecule has 0 radical (unpaired) electrons. The van der Waals surface area contributed by atoms with Crippen molar-refractivity contribution < 1.29 is 19.2 Å². The number of amides is 1. The van der Waals surface area contributed by atoms with E-state index in [1.54, 1.807) is 6.20 Å².